The summed E-state index contributed by atoms with van der Waals surface area (Å²) < 4.78 is 0. The first-order valence-corrected chi connectivity index (χ1v) is 9.50. The van der Waals surface area contributed by atoms with Crippen LogP contribution in [-0.4, -0.2) is 0 Å². The molecule has 3 aromatic rings. The van der Waals surface area contributed by atoms with Crippen molar-refractivity contribution in [3.63, 3.8) is 0 Å². The second-order valence-corrected chi connectivity index (χ2v) is 7.74. The zero-order valence-electron chi connectivity index (χ0n) is 14.9. The summed E-state index contributed by atoms with van der Waals surface area (Å²) in [7, 11) is 0. The van der Waals surface area contributed by atoms with E-state index in [-0.39, 0.29) is 5.41 Å². The molecule has 0 nitrogen and oxygen atoms in total. The summed E-state index contributed by atoms with van der Waals surface area (Å²) in [6.45, 7) is 2.29. The van der Waals surface area contributed by atoms with Gasteiger partial charge in [0.25, 0.3) is 0 Å². The van der Waals surface area contributed by atoms with E-state index in [0.29, 0.717) is 5.92 Å². The molecule has 3 aliphatic rings. The summed E-state index contributed by atoms with van der Waals surface area (Å²) in [5, 5.41) is 0. The fourth-order valence-electron chi connectivity index (χ4n) is 5.84. The van der Waals surface area contributed by atoms with Gasteiger partial charge in [0.1, 0.15) is 0 Å². The fraction of sp³-hybridized carbons (Fsp3) is 0.154. The lowest BCUT2D eigenvalue weighted by molar-refractivity contribution is 0.493. The maximum Gasteiger partial charge on any atom is 0.0543 e. The normalized spacial score (nSPS) is 20.3. The fourth-order valence-corrected chi connectivity index (χ4v) is 5.84. The van der Waals surface area contributed by atoms with E-state index in [4.69, 9.17) is 0 Å². The van der Waals surface area contributed by atoms with Gasteiger partial charge in [-0.25, -0.2) is 0 Å². The molecule has 0 saturated heterocycles. The first-order valence-electron chi connectivity index (χ1n) is 9.50. The highest BCUT2D eigenvalue weighted by Crippen LogP contribution is 2.65. The van der Waals surface area contributed by atoms with Gasteiger partial charge >= 0.3 is 0 Å². The lowest BCUT2D eigenvalue weighted by atomic mass is 9.65. The SMILES string of the molecule is Cc1cccc2c1C1(c3ccccc3-c3ccccc31)C1CC=CC=C21. The maximum absolute atomic E-state index is 2.37. The molecule has 26 heavy (non-hydrogen) atoms. The molecule has 0 aliphatic heterocycles. The molecular formula is C26H20. The van der Waals surface area contributed by atoms with Crippen molar-refractivity contribution in [3.8, 4) is 11.1 Å². The minimum absolute atomic E-state index is 0.0511. The monoisotopic (exact) mass is 332 g/mol. The number of fused-ring (bicyclic) bond motifs is 10. The van der Waals surface area contributed by atoms with Crippen LogP contribution in [0, 0.1) is 12.8 Å². The van der Waals surface area contributed by atoms with Crippen molar-refractivity contribution in [1.82, 2.24) is 0 Å². The molecule has 3 aliphatic carbocycles. The summed E-state index contributed by atoms with van der Waals surface area (Å²) in [6, 6.07) is 25.0. The third-order valence-corrected chi connectivity index (χ3v) is 6.65. The third kappa shape index (κ3) is 1.48. The molecular weight excluding hydrogens is 312 g/mol. The van der Waals surface area contributed by atoms with Crippen molar-refractivity contribution in [2.45, 2.75) is 18.8 Å². The van der Waals surface area contributed by atoms with Crippen LogP contribution in [0.4, 0.5) is 0 Å². The molecule has 0 radical (unpaired) electrons. The summed E-state index contributed by atoms with van der Waals surface area (Å²) >= 11 is 0. The Morgan fingerprint density at radius 1 is 0.769 bits per heavy atom. The van der Waals surface area contributed by atoms with Crippen LogP contribution < -0.4 is 0 Å². The number of hydrogen-bond acceptors (Lipinski definition) is 0. The van der Waals surface area contributed by atoms with Crippen molar-refractivity contribution >= 4 is 5.57 Å². The predicted molar refractivity (Wildman–Crippen MR) is 108 cm³/mol. The first kappa shape index (κ1) is 14.3. The van der Waals surface area contributed by atoms with Gasteiger partial charge in [0, 0.05) is 5.92 Å². The minimum atomic E-state index is -0.0511. The number of aryl methyl sites for hydroxylation is 1. The van der Waals surface area contributed by atoms with Gasteiger partial charge < -0.3 is 0 Å². The lowest BCUT2D eigenvalue weighted by Gasteiger charge is -2.36. The summed E-state index contributed by atoms with van der Waals surface area (Å²) in [5.41, 5.74) is 11.6. The van der Waals surface area contributed by atoms with Gasteiger partial charge in [-0.05, 0) is 57.9 Å². The van der Waals surface area contributed by atoms with Crippen LogP contribution in [0.15, 0.2) is 85.0 Å². The Balaban J connectivity index is 1.84. The molecule has 0 fully saturated rings. The van der Waals surface area contributed by atoms with Gasteiger partial charge in [-0.2, -0.15) is 0 Å². The quantitative estimate of drug-likeness (QED) is 0.454. The molecule has 0 saturated carbocycles. The molecule has 0 heteroatoms. The highest BCUT2D eigenvalue weighted by Gasteiger charge is 2.56. The molecule has 1 spiro atoms. The van der Waals surface area contributed by atoms with E-state index in [9.17, 15) is 0 Å². The average molecular weight is 332 g/mol. The Bertz CT molecular complexity index is 1080. The van der Waals surface area contributed by atoms with Gasteiger partial charge in [0.15, 0.2) is 0 Å². The van der Waals surface area contributed by atoms with E-state index in [0.717, 1.165) is 6.42 Å². The van der Waals surface area contributed by atoms with Crippen LogP contribution >= 0.6 is 0 Å². The molecule has 1 atom stereocenters. The third-order valence-electron chi connectivity index (χ3n) is 6.65. The van der Waals surface area contributed by atoms with Crippen LogP contribution in [0.3, 0.4) is 0 Å². The molecule has 0 N–H and O–H groups in total. The molecule has 124 valence electrons. The molecule has 6 rings (SSSR count). The topological polar surface area (TPSA) is 0 Å². The standard InChI is InChI=1S/C26H20/c1-17-9-8-13-21-20-12-4-7-16-24(20)26(25(17)21)22-14-5-2-10-18(22)19-11-3-6-15-23(19)26/h2-15,24H,16H2,1H3. The van der Waals surface area contributed by atoms with Crippen molar-refractivity contribution in [2.75, 3.05) is 0 Å². The van der Waals surface area contributed by atoms with Crippen LogP contribution in [-0.2, 0) is 5.41 Å². The molecule has 0 aromatic heterocycles. The number of hydrogen-bond donors (Lipinski definition) is 0. The first-order chi connectivity index (χ1) is 12.8. The van der Waals surface area contributed by atoms with E-state index in [1.165, 1.54) is 44.5 Å². The summed E-state index contributed by atoms with van der Waals surface area (Å²) in [4.78, 5) is 0. The Labute approximate surface area is 154 Å². The Kier molecular flexibility index (Phi) is 2.68. The predicted octanol–water partition coefficient (Wildman–Crippen LogP) is 6.28. The summed E-state index contributed by atoms with van der Waals surface area (Å²) in [5.74, 6) is 0.480. The van der Waals surface area contributed by atoms with Crippen LogP contribution in [0.2, 0.25) is 0 Å². The number of allylic oxidation sites excluding steroid dienone is 4. The number of benzene rings is 3. The van der Waals surface area contributed by atoms with Gasteiger partial charge in [-0.1, -0.05) is 85.0 Å². The Morgan fingerprint density at radius 2 is 1.42 bits per heavy atom. The highest BCUT2D eigenvalue weighted by molar-refractivity contribution is 5.92. The van der Waals surface area contributed by atoms with Gasteiger partial charge in [-0.15, -0.1) is 0 Å². The Hall–Kier alpha value is -2.86. The van der Waals surface area contributed by atoms with E-state index in [1.54, 1.807) is 0 Å². The second-order valence-electron chi connectivity index (χ2n) is 7.74. The minimum Gasteiger partial charge on any atom is -0.0839 e. The second kappa shape index (κ2) is 4.86. The van der Waals surface area contributed by atoms with Gasteiger partial charge in [-0.3, -0.25) is 0 Å². The average Bonchev–Trinajstić information content (AvgIpc) is 3.16. The van der Waals surface area contributed by atoms with E-state index in [2.05, 4.69) is 91.9 Å². The largest absolute Gasteiger partial charge is 0.0839 e. The maximum atomic E-state index is 2.37. The molecule has 1 unspecified atom stereocenters. The van der Waals surface area contributed by atoms with Crippen molar-refractivity contribution in [1.29, 1.82) is 0 Å². The number of rotatable bonds is 0. The van der Waals surface area contributed by atoms with E-state index < -0.39 is 0 Å². The van der Waals surface area contributed by atoms with Gasteiger partial charge in [0.2, 0.25) is 0 Å². The van der Waals surface area contributed by atoms with Gasteiger partial charge in [0.05, 0.1) is 5.41 Å². The van der Waals surface area contributed by atoms with Crippen molar-refractivity contribution < 1.29 is 0 Å². The molecule has 0 bridgehead atoms. The van der Waals surface area contributed by atoms with Crippen molar-refractivity contribution in [2.24, 2.45) is 5.92 Å². The van der Waals surface area contributed by atoms with Crippen LogP contribution in [0.1, 0.15) is 34.2 Å². The molecule has 0 amide bonds. The highest BCUT2D eigenvalue weighted by atomic mass is 14.6. The van der Waals surface area contributed by atoms with E-state index in [1.807, 2.05) is 0 Å². The summed E-state index contributed by atoms with van der Waals surface area (Å²) in [6.07, 6.45) is 8.04. The molecule has 3 aromatic carbocycles. The van der Waals surface area contributed by atoms with E-state index >= 15 is 0 Å². The zero-order valence-corrected chi connectivity index (χ0v) is 14.9. The molecule has 0 heterocycles. The Morgan fingerprint density at radius 3 is 2.15 bits per heavy atom. The smallest absolute Gasteiger partial charge is 0.0543 e. The zero-order chi connectivity index (χ0) is 17.3. The lowest BCUT2D eigenvalue weighted by Crippen LogP contribution is -2.33. The van der Waals surface area contributed by atoms with Crippen molar-refractivity contribution in [3.05, 3.63) is 113 Å². The van der Waals surface area contributed by atoms with Crippen LogP contribution in [0.5, 0.6) is 0 Å². The van der Waals surface area contributed by atoms with Crippen LogP contribution in [0.25, 0.3) is 16.7 Å².